The summed E-state index contributed by atoms with van der Waals surface area (Å²) in [6, 6.07) is 13.5. The highest BCUT2D eigenvalue weighted by molar-refractivity contribution is 9.10. The fraction of sp³-hybridized carbons (Fsp3) is 0.200. The third-order valence-electron chi connectivity index (χ3n) is 2.70. The summed E-state index contributed by atoms with van der Waals surface area (Å²) in [6.07, 6.45) is 0. The molecule has 2 nitrogen and oxygen atoms in total. The van der Waals surface area contributed by atoms with Gasteiger partial charge in [0.25, 0.3) is 0 Å². The van der Waals surface area contributed by atoms with Crippen LogP contribution in [0.5, 0.6) is 11.5 Å². The quantitative estimate of drug-likeness (QED) is 0.815. The Morgan fingerprint density at radius 2 is 1.72 bits per heavy atom. The second-order valence-electron chi connectivity index (χ2n) is 4.51. The highest BCUT2D eigenvalue weighted by Gasteiger charge is 2.09. The highest BCUT2D eigenvalue weighted by Crippen LogP contribution is 2.32. The van der Waals surface area contributed by atoms with Gasteiger partial charge in [0.2, 0.25) is 0 Å². The number of nitrogen functional groups attached to an aromatic ring is 1. The topological polar surface area (TPSA) is 35.2 Å². The van der Waals surface area contributed by atoms with Gasteiger partial charge >= 0.3 is 0 Å². The Kier molecular flexibility index (Phi) is 3.92. The average molecular weight is 306 g/mol. The largest absolute Gasteiger partial charge is 0.457 e. The Bertz CT molecular complexity index is 535. The minimum absolute atomic E-state index is 0.409. The molecule has 2 rings (SSSR count). The standard InChI is InChI=1S/C15H16BrNO/c1-10(2)14-9-11(16)3-8-15(14)18-13-6-4-12(17)5-7-13/h3-10H,17H2,1-2H3. The zero-order valence-electron chi connectivity index (χ0n) is 10.5. The van der Waals surface area contributed by atoms with Crippen molar-refractivity contribution in [1.82, 2.24) is 0 Å². The minimum Gasteiger partial charge on any atom is -0.457 e. The maximum Gasteiger partial charge on any atom is 0.130 e. The molecule has 0 radical (unpaired) electrons. The molecule has 3 heteroatoms. The second-order valence-corrected chi connectivity index (χ2v) is 5.42. The molecule has 2 N–H and O–H groups in total. The van der Waals surface area contributed by atoms with E-state index in [1.54, 1.807) is 0 Å². The molecule has 0 aromatic heterocycles. The molecule has 0 saturated carbocycles. The second kappa shape index (κ2) is 5.44. The molecule has 2 aromatic carbocycles. The molecular formula is C15H16BrNO. The van der Waals surface area contributed by atoms with Crippen molar-refractivity contribution in [2.24, 2.45) is 0 Å². The number of hydrogen-bond acceptors (Lipinski definition) is 2. The van der Waals surface area contributed by atoms with E-state index in [9.17, 15) is 0 Å². The minimum atomic E-state index is 0.409. The van der Waals surface area contributed by atoms with Gasteiger partial charge in [0, 0.05) is 10.2 Å². The van der Waals surface area contributed by atoms with Crippen molar-refractivity contribution in [1.29, 1.82) is 0 Å². The van der Waals surface area contributed by atoms with Gasteiger partial charge in [0.05, 0.1) is 0 Å². The van der Waals surface area contributed by atoms with E-state index in [-0.39, 0.29) is 0 Å². The Morgan fingerprint density at radius 1 is 1.06 bits per heavy atom. The van der Waals surface area contributed by atoms with Gasteiger partial charge in [0.15, 0.2) is 0 Å². The van der Waals surface area contributed by atoms with Crippen LogP contribution in [0.2, 0.25) is 0 Å². The first-order chi connectivity index (χ1) is 8.56. The number of ether oxygens (including phenoxy) is 1. The fourth-order valence-corrected chi connectivity index (χ4v) is 2.11. The van der Waals surface area contributed by atoms with Gasteiger partial charge in [-0.15, -0.1) is 0 Å². The van der Waals surface area contributed by atoms with Crippen LogP contribution in [0.15, 0.2) is 46.9 Å². The molecule has 0 aliphatic rings. The van der Waals surface area contributed by atoms with Gasteiger partial charge in [-0.3, -0.25) is 0 Å². The van der Waals surface area contributed by atoms with Crippen molar-refractivity contribution in [3.8, 4) is 11.5 Å². The van der Waals surface area contributed by atoms with Gasteiger partial charge in [-0.25, -0.2) is 0 Å². The summed E-state index contributed by atoms with van der Waals surface area (Å²) >= 11 is 3.49. The monoisotopic (exact) mass is 305 g/mol. The summed E-state index contributed by atoms with van der Waals surface area (Å²) < 4.78 is 6.97. The highest BCUT2D eigenvalue weighted by atomic mass is 79.9. The van der Waals surface area contributed by atoms with Crippen LogP contribution in [-0.2, 0) is 0 Å². The number of rotatable bonds is 3. The first-order valence-corrected chi connectivity index (χ1v) is 6.68. The van der Waals surface area contributed by atoms with E-state index in [0.29, 0.717) is 5.92 Å². The summed E-state index contributed by atoms with van der Waals surface area (Å²) in [5.74, 6) is 2.10. The SMILES string of the molecule is CC(C)c1cc(Br)ccc1Oc1ccc(N)cc1. The number of halogens is 1. The lowest BCUT2D eigenvalue weighted by molar-refractivity contribution is 0.473. The van der Waals surface area contributed by atoms with Crippen LogP contribution in [0.4, 0.5) is 5.69 Å². The number of hydrogen-bond donors (Lipinski definition) is 1. The molecule has 0 bridgehead atoms. The summed E-state index contributed by atoms with van der Waals surface area (Å²) in [7, 11) is 0. The van der Waals surface area contributed by atoms with Crippen LogP contribution in [0.1, 0.15) is 25.3 Å². The van der Waals surface area contributed by atoms with Gasteiger partial charge in [-0.05, 0) is 53.9 Å². The number of benzene rings is 2. The van der Waals surface area contributed by atoms with Crippen LogP contribution in [-0.4, -0.2) is 0 Å². The van der Waals surface area contributed by atoms with Crippen LogP contribution in [0.3, 0.4) is 0 Å². The lowest BCUT2D eigenvalue weighted by Crippen LogP contribution is -1.94. The number of anilines is 1. The Morgan fingerprint density at radius 3 is 2.33 bits per heavy atom. The third-order valence-corrected chi connectivity index (χ3v) is 3.20. The van der Waals surface area contributed by atoms with E-state index in [1.807, 2.05) is 36.4 Å². The van der Waals surface area contributed by atoms with E-state index in [0.717, 1.165) is 21.7 Å². The molecule has 2 aromatic rings. The van der Waals surface area contributed by atoms with Gasteiger partial charge in [0.1, 0.15) is 11.5 Å². The van der Waals surface area contributed by atoms with Crippen LogP contribution < -0.4 is 10.5 Å². The first-order valence-electron chi connectivity index (χ1n) is 5.89. The molecule has 0 atom stereocenters. The summed E-state index contributed by atoms with van der Waals surface area (Å²) in [6.45, 7) is 4.30. The van der Waals surface area contributed by atoms with Crippen molar-refractivity contribution in [3.63, 3.8) is 0 Å². The summed E-state index contributed by atoms with van der Waals surface area (Å²) in [4.78, 5) is 0. The molecule has 0 heterocycles. The zero-order valence-corrected chi connectivity index (χ0v) is 12.1. The third kappa shape index (κ3) is 3.05. The Labute approximate surface area is 116 Å². The summed E-state index contributed by atoms with van der Waals surface area (Å²) in [5.41, 5.74) is 7.58. The van der Waals surface area contributed by atoms with E-state index in [2.05, 4.69) is 35.8 Å². The molecule has 18 heavy (non-hydrogen) atoms. The zero-order chi connectivity index (χ0) is 13.1. The Balaban J connectivity index is 2.31. The van der Waals surface area contributed by atoms with Crippen molar-refractivity contribution < 1.29 is 4.74 Å². The lowest BCUT2D eigenvalue weighted by Gasteiger charge is -2.14. The predicted molar refractivity (Wildman–Crippen MR) is 79.2 cm³/mol. The maximum atomic E-state index is 5.90. The molecule has 94 valence electrons. The molecule has 0 fully saturated rings. The van der Waals surface area contributed by atoms with Crippen molar-refractivity contribution in [2.45, 2.75) is 19.8 Å². The van der Waals surface area contributed by atoms with E-state index >= 15 is 0 Å². The Hall–Kier alpha value is -1.48. The van der Waals surface area contributed by atoms with Crippen LogP contribution in [0.25, 0.3) is 0 Å². The smallest absolute Gasteiger partial charge is 0.130 e. The molecule has 0 unspecified atom stereocenters. The van der Waals surface area contributed by atoms with Gasteiger partial charge < -0.3 is 10.5 Å². The van der Waals surface area contributed by atoms with Crippen molar-refractivity contribution in [2.75, 3.05) is 5.73 Å². The average Bonchev–Trinajstić information content (AvgIpc) is 2.34. The van der Waals surface area contributed by atoms with Crippen LogP contribution >= 0.6 is 15.9 Å². The molecule has 0 aliphatic carbocycles. The first kappa shape index (κ1) is 13.0. The predicted octanol–water partition coefficient (Wildman–Crippen LogP) is 4.95. The lowest BCUT2D eigenvalue weighted by atomic mass is 10.0. The maximum absolute atomic E-state index is 5.90. The molecular weight excluding hydrogens is 290 g/mol. The van der Waals surface area contributed by atoms with E-state index in [4.69, 9.17) is 10.5 Å². The number of nitrogens with two attached hydrogens (primary N) is 1. The molecule has 0 spiro atoms. The molecule has 0 amide bonds. The van der Waals surface area contributed by atoms with E-state index in [1.165, 1.54) is 5.56 Å². The normalized spacial score (nSPS) is 10.7. The van der Waals surface area contributed by atoms with Crippen LogP contribution in [0, 0.1) is 0 Å². The molecule has 0 saturated heterocycles. The van der Waals surface area contributed by atoms with E-state index < -0.39 is 0 Å². The van der Waals surface area contributed by atoms with Gasteiger partial charge in [-0.2, -0.15) is 0 Å². The summed E-state index contributed by atoms with van der Waals surface area (Å²) in [5, 5.41) is 0. The van der Waals surface area contributed by atoms with Gasteiger partial charge in [-0.1, -0.05) is 29.8 Å². The fourth-order valence-electron chi connectivity index (χ4n) is 1.73. The van der Waals surface area contributed by atoms with Crippen molar-refractivity contribution in [3.05, 3.63) is 52.5 Å². The van der Waals surface area contributed by atoms with Crippen molar-refractivity contribution >= 4 is 21.6 Å². The molecule has 0 aliphatic heterocycles.